The standard InChI is InChI=1S/C17H25ClN2O3/c1-4-23-16-6-5-13(10-15(16)18)19-17(21)20-7-8-22-11-14(20)9-12(2)3/h5-6,10,12,14H,4,7-9,11H2,1-3H3,(H,19,21). The topological polar surface area (TPSA) is 50.8 Å². The summed E-state index contributed by atoms with van der Waals surface area (Å²) in [5.74, 6) is 1.13. The number of halogens is 1. The zero-order valence-electron chi connectivity index (χ0n) is 14.0. The van der Waals surface area contributed by atoms with Crippen LogP contribution in [0.4, 0.5) is 10.5 Å². The zero-order chi connectivity index (χ0) is 16.8. The molecule has 0 bridgehead atoms. The van der Waals surface area contributed by atoms with Crippen molar-refractivity contribution in [2.75, 3.05) is 31.7 Å². The molecule has 0 aromatic heterocycles. The number of urea groups is 1. The first kappa shape index (κ1) is 17.9. The van der Waals surface area contributed by atoms with Gasteiger partial charge in [0.05, 0.1) is 30.9 Å². The summed E-state index contributed by atoms with van der Waals surface area (Å²) in [4.78, 5) is 14.4. The number of carbonyl (C=O) groups excluding carboxylic acids is 1. The highest BCUT2D eigenvalue weighted by molar-refractivity contribution is 6.32. The van der Waals surface area contributed by atoms with Gasteiger partial charge in [-0.05, 0) is 37.5 Å². The van der Waals surface area contributed by atoms with Crippen LogP contribution in [0.2, 0.25) is 5.02 Å². The minimum atomic E-state index is -0.112. The summed E-state index contributed by atoms with van der Waals surface area (Å²) in [7, 11) is 0. The van der Waals surface area contributed by atoms with Crippen LogP contribution in [0, 0.1) is 5.92 Å². The molecular weight excluding hydrogens is 316 g/mol. The van der Waals surface area contributed by atoms with E-state index in [9.17, 15) is 4.79 Å². The SMILES string of the molecule is CCOc1ccc(NC(=O)N2CCOCC2CC(C)C)cc1Cl. The molecule has 1 aromatic rings. The average molecular weight is 341 g/mol. The van der Waals surface area contributed by atoms with E-state index in [4.69, 9.17) is 21.1 Å². The largest absolute Gasteiger partial charge is 0.492 e. The highest BCUT2D eigenvalue weighted by atomic mass is 35.5. The molecule has 1 unspecified atom stereocenters. The first-order chi connectivity index (χ1) is 11.0. The Morgan fingerprint density at radius 2 is 2.30 bits per heavy atom. The molecule has 1 saturated heterocycles. The van der Waals surface area contributed by atoms with E-state index >= 15 is 0 Å². The van der Waals surface area contributed by atoms with Crippen molar-refractivity contribution in [2.45, 2.75) is 33.2 Å². The third kappa shape index (κ3) is 5.01. The molecule has 2 rings (SSSR count). The maximum atomic E-state index is 12.6. The van der Waals surface area contributed by atoms with Gasteiger partial charge in [-0.1, -0.05) is 25.4 Å². The lowest BCUT2D eigenvalue weighted by molar-refractivity contribution is 0.00857. The van der Waals surface area contributed by atoms with Crippen molar-refractivity contribution in [3.05, 3.63) is 23.2 Å². The minimum Gasteiger partial charge on any atom is -0.492 e. The Morgan fingerprint density at radius 3 is 2.96 bits per heavy atom. The number of ether oxygens (including phenoxy) is 2. The average Bonchev–Trinajstić information content (AvgIpc) is 2.50. The molecule has 1 aliphatic rings. The van der Waals surface area contributed by atoms with Gasteiger partial charge in [0.25, 0.3) is 0 Å². The molecule has 0 saturated carbocycles. The summed E-state index contributed by atoms with van der Waals surface area (Å²) in [5.41, 5.74) is 0.665. The molecule has 1 aliphatic heterocycles. The molecule has 0 spiro atoms. The lowest BCUT2D eigenvalue weighted by Gasteiger charge is -2.36. The number of nitrogens with one attached hydrogen (secondary N) is 1. The Hall–Kier alpha value is -1.46. The van der Waals surface area contributed by atoms with Gasteiger partial charge in [-0.25, -0.2) is 4.79 Å². The number of anilines is 1. The van der Waals surface area contributed by atoms with Crippen molar-refractivity contribution >= 4 is 23.3 Å². The maximum absolute atomic E-state index is 12.6. The predicted octanol–water partition coefficient (Wildman–Crippen LogP) is 4.02. The molecule has 23 heavy (non-hydrogen) atoms. The van der Waals surface area contributed by atoms with Gasteiger partial charge in [0, 0.05) is 12.2 Å². The van der Waals surface area contributed by atoms with E-state index in [-0.39, 0.29) is 12.1 Å². The van der Waals surface area contributed by atoms with Gasteiger partial charge in [0.15, 0.2) is 0 Å². The van der Waals surface area contributed by atoms with Crippen LogP contribution in [-0.4, -0.2) is 43.3 Å². The second-order valence-corrected chi connectivity index (χ2v) is 6.47. The summed E-state index contributed by atoms with van der Waals surface area (Å²) in [6, 6.07) is 5.28. The summed E-state index contributed by atoms with van der Waals surface area (Å²) < 4.78 is 10.9. The van der Waals surface area contributed by atoms with E-state index in [1.54, 1.807) is 18.2 Å². The monoisotopic (exact) mass is 340 g/mol. The molecule has 1 N–H and O–H groups in total. The quantitative estimate of drug-likeness (QED) is 0.880. The fraction of sp³-hybridized carbons (Fsp3) is 0.588. The van der Waals surface area contributed by atoms with Crippen molar-refractivity contribution in [1.82, 2.24) is 4.90 Å². The Labute approximate surface area is 142 Å². The summed E-state index contributed by atoms with van der Waals surface area (Å²) >= 11 is 6.17. The fourth-order valence-corrected chi connectivity index (χ4v) is 2.94. The minimum absolute atomic E-state index is 0.112. The van der Waals surface area contributed by atoms with E-state index < -0.39 is 0 Å². The molecule has 1 atom stereocenters. The van der Waals surface area contributed by atoms with E-state index in [0.29, 0.717) is 48.7 Å². The Balaban J connectivity index is 2.03. The molecule has 6 heteroatoms. The van der Waals surface area contributed by atoms with Gasteiger partial charge in [-0.3, -0.25) is 0 Å². The van der Waals surface area contributed by atoms with E-state index in [1.807, 2.05) is 11.8 Å². The van der Waals surface area contributed by atoms with Gasteiger partial charge >= 0.3 is 6.03 Å². The van der Waals surface area contributed by atoms with Gasteiger partial charge in [-0.15, -0.1) is 0 Å². The van der Waals surface area contributed by atoms with Crippen LogP contribution in [0.3, 0.4) is 0 Å². The van der Waals surface area contributed by atoms with Crippen LogP contribution < -0.4 is 10.1 Å². The fourth-order valence-electron chi connectivity index (χ4n) is 2.71. The van der Waals surface area contributed by atoms with Crippen LogP contribution in [0.25, 0.3) is 0 Å². The molecular formula is C17H25ClN2O3. The molecule has 1 fully saturated rings. The first-order valence-corrected chi connectivity index (χ1v) is 8.46. The van der Waals surface area contributed by atoms with Crippen LogP contribution in [0.5, 0.6) is 5.75 Å². The predicted molar refractivity (Wildman–Crippen MR) is 92.4 cm³/mol. The van der Waals surface area contributed by atoms with Crippen molar-refractivity contribution in [1.29, 1.82) is 0 Å². The van der Waals surface area contributed by atoms with Crippen molar-refractivity contribution in [2.24, 2.45) is 5.92 Å². The number of morpholine rings is 1. The molecule has 5 nitrogen and oxygen atoms in total. The van der Waals surface area contributed by atoms with Crippen molar-refractivity contribution < 1.29 is 14.3 Å². The first-order valence-electron chi connectivity index (χ1n) is 8.09. The Bertz CT molecular complexity index is 537. The molecule has 0 aliphatic carbocycles. The summed E-state index contributed by atoms with van der Waals surface area (Å²) in [6.45, 7) is 8.53. The number of benzene rings is 1. The zero-order valence-corrected chi connectivity index (χ0v) is 14.7. The lowest BCUT2D eigenvalue weighted by atomic mass is 10.0. The van der Waals surface area contributed by atoms with Gasteiger partial charge in [0.2, 0.25) is 0 Å². The molecule has 1 heterocycles. The number of hydrogen-bond acceptors (Lipinski definition) is 3. The van der Waals surface area contributed by atoms with E-state index in [0.717, 1.165) is 6.42 Å². The smallest absolute Gasteiger partial charge is 0.322 e. The van der Waals surface area contributed by atoms with E-state index in [1.165, 1.54) is 0 Å². The highest BCUT2D eigenvalue weighted by Gasteiger charge is 2.28. The third-order valence-corrected chi connectivity index (χ3v) is 4.01. The lowest BCUT2D eigenvalue weighted by Crippen LogP contribution is -2.50. The van der Waals surface area contributed by atoms with Crippen molar-refractivity contribution in [3.63, 3.8) is 0 Å². The summed E-state index contributed by atoms with van der Waals surface area (Å²) in [5, 5.41) is 3.41. The summed E-state index contributed by atoms with van der Waals surface area (Å²) in [6.07, 6.45) is 0.928. The Morgan fingerprint density at radius 1 is 1.52 bits per heavy atom. The number of rotatable bonds is 5. The second-order valence-electron chi connectivity index (χ2n) is 6.06. The number of amides is 2. The normalized spacial score (nSPS) is 18.1. The molecule has 2 amide bonds. The van der Waals surface area contributed by atoms with Gasteiger partial charge in [0.1, 0.15) is 5.75 Å². The van der Waals surface area contributed by atoms with Gasteiger partial charge in [-0.2, -0.15) is 0 Å². The van der Waals surface area contributed by atoms with Crippen molar-refractivity contribution in [3.8, 4) is 5.75 Å². The number of carbonyl (C=O) groups is 1. The molecule has 1 aromatic carbocycles. The number of hydrogen-bond donors (Lipinski definition) is 1. The third-order valence-electron chi connectivity index (χ3n) is 3.71. The highest BCUT2D eigenvalue weighted by Crippen LogP contribution is 2.28. The number of nitrogens with zero attached hydrogens (tertiary/aromatic N) is 1. The molecule has 128 valence electrons. The van der Waals surface area contributed by atoms with Crippen LogP contribution in [0.15, 0.2) is 18.2 Å². The van der Waals surface area contributed by atoms with Crippen LogP contribution in [-0.2, 0) is 4.74 Å². The van der Waals surface area contributed by atoms with Crippen LogP contribution >= 0.6 is 11.6 Å². The molecule has 0 radical (unpaired) electrons. The van der Waals surface area contributed by atoms with Gasteiger partial charge < -0.3 is 19.7 Å². The Kier molecular flexibility index (Phi) is 6.54. The second kappa shape index (κ2) is 8.41. The van der Waals surface area contributed by atoms with Crippen LogP contribution in [0.1, 0.15) is 27.2 Å². The maximum Gasteiger partial charge on any atom is 0.322 e. The van der Waals surface area contributed by atoms with E-state index in [2.05, 4.69) is 19.2 Å².